The van der Waals surface area contributed by atoms with Gasteiger partial charge in [-0.1, -0.05) is 42.0 Å². The number of rotatable bonds is 9. The van der Waals surface area contributed by atoms with Gasteiger partial charge in [-0.25, -0.2) is 0 Å². The third-order valence-corrected chi connectivity index (χ3v) is 7.55. The molecule has 6 nitrogen and oxygen atoms in total. The molecule has 0 radical (unpaired) electrons. The van der Waals surface area contributed by atoms with E-state index in [1.165, 1.54) is 10.5 Å². The minimum atomic E-state index is -0.326. The smallest absolute Gasteiger partial charge is 0.293 e. The topological polar surface area (TPSA) is 65.1 Å². The van der Waals surface area contributed by atoms with Crippen LogP contribution in [0.2, 0.25) is 0 Å². The van der Waals surface area contributed by atoms with Crippen LogP contribution in [-0.4, -0.2) is 36.3 Å². The van der Waals surface area contributed by atoms with Crippen LogP contribution in [0.25, 0.3) is 6.08 Å². The van der Waals surface area contributed by atoms with Crippen LogP contribution in [0, 0.1) is 24.3 Å². The predicted molar refractivity (Wildman–Crippen MR) is 155 cm³/mol. The highest BCUT2D eigenvalue weighted by atomic mass is 127. The summed E-state index contributed by atoms with van der Waals surface area (Å²) in [6.45, 7) is 6.83. The Morgan fingerprint density at radius 3 is 2.38 bits per heavy atom. The summed E-state index contributed by atoms with van der Waals surface area (Å²) >= 11 is 3.12. The Labute approximate surface area is 235 Å². The Hall–Kier alpha value is -2.98. The second kappa shape index (κ2) is 12.0. The molecule has 0 unspecified atom stereocenters. The molecule has 8 heteroatoms. The zero-order valence-corrected chi connectivity index (χ0v) is 24.1. The number of amides is 2. The maximum absolute atomic E-state index is 13.0. The van der Waals surface area contributed by atoms with Gasteiger partial charge in [-0.3, -0.25) is 14.5 Å². The summed E-state index contributed by atoms with van der Waals surface area (Å²) in [5.41, 5.74) is 5.10. The van der Waals surface area contributed by atoms with Crippen molar-refractivity contribution in [3.05, 3.63) is 90.9 Å². The summed E-state index contributed by atoms with van der Waals surface area (Å²) in [5, 5.41) is -0.305. The number of nitrogens with zero attached hydrogens (tertiary/aromatic N) is 1. The van der Waals surface area contributed by atoms with Crippen molar-refractivity contribution >= 4 is 51.6 Å². The van der Waals surface area contributed by atoms with Crippen LogP contribution in [0.4, 0.5) is 4.79 Å². The Balaban J connectivity index is 1.44. The molecule has 1 saturated heterocycles. The number of imide groups is 1. The molecule has 1 aliphatic heterocycles. The molecule has 0 bridgehead atoms. The predicted octanol–water partition coefficient (Wildman–Crippen LogP) is 6.92. The summed E-state index contributed by atoms with van der Waals surface area (Å²) in [7, 11) is 1.58. The van der Waals surface area contributed by atoms with Crippen LogP contribution >= 0.6 is 34.4 Å². The lowest BCUT2D eigenvalue weighted by Crippen LogP contribution is -2.32. The fraction of sp³-hybridized carbons (Fsp3) is 0.241. The summed E-state index contributed by atoms with van der Waals surface area (Å²) in [6, 6.07) is 17.8. The average Bonchev–Trinajstić information content (AvgIpc) is 3.13. The quantitative estimate of drug-likeness (QED) is 0.189. The van der Waals surface area contributed by atoms with Crippen LogP contribution in [-0.2, 0) is 11.4 Å². The minimum Gasteiger partial charge on any atom is -0.493 e. The molecule has 0 atom stereocenters. The van der Waals surface area contributed by atoms with E-state index in [2.05, 4.69) is 22.6 Å². The number of aryl methyl sites for hydroxylation is 3. The van der Waals surface area contributed by atoms with E-state index in [4.69, 9.17) is 14.2 Å². The van der Waals surface area contributed by atoms with E-state index in [9.17, 15) is 9.59 Å². The second-order valence-corrected chi connectivity index (χ2v) is 10.9. The lowest BCUT2D eigenvalue weighted by molar-refractivity contribution is -0.123. The lowest BCUT2D eigenvalue weighted by atomic mass is 10.1. The van der Waals surface area contributed by atoms with Gasteiger partial charge in [0.15, 0.2) is 11.5 Å². The first-order valence-electron chi connectivity index (χ1n) is 11.8. The molecule has 3 aromatic rings. The molecule has 0 saturated carbocycles. The van der Waals surface area contributed by atoms with Crippen LogP contribution in [0.3, 0.4) is 0 Å². The van der Waals surface area contributed by atoms with Crippen LogP contribution < -0.4 is 14.2 Å². The molecule has 0 spiro atoms. The number of carbonyl (C=O) groups excluding carboxylic acids is 2. The normalized spacial score (nSPS) is 14.4. The van der Waals surface area contributed by atoms with Gasteiger partial charge in [0.25, 0.3) is 11.1 Å². The Kier molecular flexibility index (Phi) is 8.81. The van der Waals surface area contributed by atoms with Gasteiger partial charge in [-0.15, -0.1) is 0 Å². The molecule has 0 aromatic heterocycles. The third kappa shape index (κ3) is 6.67. The van der Waals surface area contributed by atoms with Crippen molar-refractivity contribution in [2.45, 2.75) is 27.4 Å². The molecule has 0 N–H and O–H groups in total. The van der Waals surface area contributed by atoms with Gasteiger partial charge in [0.2, 0.25) is 0 Å². The van der Waals surface area contributed by atoms with Crippen molar-refractivity contribution < 1.29 is 23.8 Å². The first-order chi connectivity index (χ1) is 17.7. The van der Waals surface area contributed by atoms with Crippen molar-refractivity contribution in [3.8, 4) is 17.2 Å². The molecule has 0 aliphatic carbocycles. The monoisotopic (exact) mass is 629 g/mol. The first-order valence-corrected chi connectivity index (χ1v) is 13.7. The average molecular weight is 630 g/mol. The van der Waals surface area contributed by atoms with E-state index in [1.54, 1.807) is 13.2 Å². The second-order valence-electron chi connectivity index (χ2n) is 8.76. The van der Waals surface area contributed by atoms with Crippen molar-refractivity contribution in [1.82, 2.24) is 4.90 Å². The molecule has 1 fully saturated rings. The summed E-state index contributed by atoms with van der Waals surface area (Å²) in [5.74, 6) is 1.63. The van der Waals surface area contributed by atoms with Crippen molar-refractivity contribution in [1.29, 1.82) is 0 Å². The number of ether oxygens (including phenoxy) is 3. The number of hydrogen-bond donors (Lipinski definition) is 0. The summed E-state index contributed by atoms with van der Waals surface area (Å²) in [4.78, 5) is 27.1. The zero-order chi connectivity index (χ0) is 26.5. The Morgan fingerprint density at radius 1 is 0.919 bits per heavy atom. The van der Waals surface area contributed by atoms with Gasteiger partial charge in [0.05, 0.1) is 22.1 Å². The van der Waals surface area contributed by atoms with Crippen molar-refractivity contribution in [2.75, 3.05) is 20.3 Å². The van der Waals surface area contributed by atoms with Crippen molar-refractivity contribution in [3.63, 3.8) is 0 Å². The molecule has 4 rings (SSSR count). The Morgan fingerprint density at radius 2 is 1.65 bits per heavy atom. The molecule has 37 heavy (non-hydrogen) atoms. The molecule has 192 valence electrons. The van der Waals surface area contributed by atoms with E-state index in [1.807, 2.05) is 75.4 Å². The maximum Gasteiger partial charge on any atom is 0.293 e. The van der Waals surface area contributed by atoms with Gasteiger partial charge < -0.3 is 14.2 Å². The highest BCUT2D eigenvalue weighted by molar-refractivity contribution is 14.1. The number of methoxy groups -OCH3 is 1. The van der Waals surface area contributed by atoms with Gasteiger partial charge >= 0.3 is 0 Å². The fourth-order valence-electron chi connectivity index (χ4n) is 3.76. The SMILES string of the molecule is COc1cc(/C=C2\SC(=O)N(CCOc3cc(C)ccc3C)C2=O)cc(I)c1OCc1ccc(C)cc1. The number of benzene rings is 3. The minimum absolute atomic E-state index is 0.183. The highest BCUT2D eigenvalue weighted by Crippen LogP contribution is 2.37. The Bertz CT molecular complexity index is 1350. The first kappa shape index (κ1) is 27.1. The summed E-state index contributed by atoms with van der Waals surface area (Å²) in [6.07, 6.45) is 1.71. The van der Waals surface area contributed by atoms with Gasteiger partial charge in [0.1, 0.15) is 19.0 Å². The largest absolute Gasteiger partial charge is 0.493 e. The molecular weight excluding hydrogens is 601 g/mol. The number of halogens is 1. The number of thioether (sulfide) groups is 1. The molecule has 3 aromatic carbocycles. The van der Waals surface area contributed by atoms with E-state index in [0.717, 1.165) is 43.3 Å². The summed E-state index contributed by atoms with van der Waals surface area (Å²) < 4.78 is 18.3. The van der Waals surface area contributed by atoms with E-state index >= 15 is 0 Å². The molecule has 1 heterocycles. The standard InChI is InChI=1S/C29H28INO5S/c1-18-6-9-21(10-7-18)17-36-27-23(30)14-22(15-25(27)34-4)16-26-28(32)31(29(33)37-26)11-12-35-24-13-19(2)5-8-20(24)3/h5-10,13-16H,11-12,17H2,1-4H3/b26-16-. The lowest BCUT2D eigenvalue weighted by Gasteiger charge is -2.15. The van der Waals surface area contributed by atoms with Gasteiger partial charge in [-0.05, 0) is 102 Å². The number of carbonyl (C=O) groups is 2. The zero-order valence-electron chi connectivity index (χ0n) is 21.2. The molecule has 2 amide bonds. The maximum atomic E-state index is 13.0. The fourth-order valence-corrected chi connectivity index (χ4v) is 5.40. The van der Waals surface area contributed by atoms with Crippen LogP contribution in [0.15, 0.2) is 59.5 Å². The van der Waals surface area contributed by atoms with Crippen LogP contribution in [0.1, 0.15) is 27.8 Å². The molecular formula is C29H28INO5S. The van der Waals surface area contributed by atoms with Gasteiger partial charge in [0, 0.05) is 0 Å². The van der Waals surface area contributed by atoms with Gasteiger partial charge in [-0.2, -0.15) is 0 Å². The van der Waals surface area contributed by atoms with E-state index in [-0.39, 0.29) is 24.3 Å². The van der Waals surface area contributed by atoms with E-state index < -0.39 is 0 Å². The highest BCUT2D eigenvalue weighted by Gasteiger charge is 2.35. The third-order valence-electron chi connectivity index (χ3n) is 5.84. The molecule has 1 aliphatic rings. The van der Waals surface area contributed by atoms with Crippen LogP contribution in [0.5, 0.6) is 17.2 Å². The van der Waals surface area contributed by atoms with Crippen molar-refractivity contribution in [2.24, 2.45) is 0 Å². The number of hydrogen-bond acceptors (Lipinski definition) is 6. The van der Waals surface area contributed by atoms with E-state index in [0.29, 0.717) is 23.0 Å².